The second-order valence-electron chi connectivity index (χ2n) is 6.64. The number of unbranched alkanes of at least 4 members (excludes halogenated alkanes) is 1. The van der Waals surface area contributed by atoms with Crippen molar-refractivity contribution < 1.29 is 0 Å². The van der Waals surface area contributed by atoms with Gasteiger partial charge < -0.3 is 5.32 Å². The third-order valence-electron chi connectivity index (χ3n) is 3.86. The van der Waals surface area contributed by atoms with Crippen molar-refractivity contribution >= 4 is 0 Å². The standard InChI is InChI=1S/C19H36N2/c1-15(2)13-21(14-18(7)16(3)4)19(17(5)6)11-9-10-12-20-8/h16,19-20H,1,5,7,9-14H2,2-4,6,8H3. The molecule has 0 aliphatic heterocycles. The number of nitrogens with one attached hydrogen (secondary N) is 1. The Labute approximate surface area is 133 Å². The van der Waals surface area contributed by atoms with E-state index in [2.05, 4.69) is 57.6 Å². The first-order chi connectivity index (χ1) is 9.79. The summed E-state index contributed by atoms with van der Waals surface area (Å²) in [5, 5.41) is 3.21. The van der Waals surface area contributed by atoms with E-state index in [9.17, 15) is 0 Å². The molecule has 2 nitrogen and oxygen atoms in total. The molecule has 0 aromatic heterocycles. The van der Waals surface area contributed by atoms with Crippen LogP contribution in [0.15, 0.2) is 36.5 Å². The summed E-state index contributed by atoms with van der Waals surface area (Å²) < 4.78 is 0. The summed E-state index contributed by atoms with van der Waals surface area (Å²) >= 11 is 0. The Balaban J connectivity index is 4.80. The molecule has 0 saturated heterocycles. The van der Waals surface area contributed by atoms with Gasteiger partial charge in [0.15, 0.2) is 0 Å². The lowest BCUT2D eigenvalue weighted by atomic mass is 9.98. The van der Waals surface area contributed by atoms with Crippen LogP contribution in [0.25, 0.3) is 0 Å². The summed E-state index contributed by atoms with van der Waals surface area (Å²) in [6.45, 7) is 24.2. The summed E-state index contributed by atoms with van der Waals surface area (Å²) in [6, 6.07) is 0.425. The third kappa shape index (κ3) is 8.90. The van der Waals surface area contributed by atoms with E-state index >= 15 is 0 Å². The van der Waals surface area contributed by atoms with Crippen LogP contribution in [0.2, 0.25) is 0 Å². The Hall–Kier alpha value is -0.860. The van der Waals surface area contributed by atoms with E-state index in [0.29, 0.717) is 12.0 Å². The zero-order valence-electron chi connectivity index (χ0n) is 15.0. The molecule has 0 fully saturated rings. The molecule has 0 aromatic carbocycles. The summed E-state index contributed by atoms with van der Waals surface area (Å²) in [5.41, 5.74) is 3.74. The van der Waals surface area contributed by atoms with Gasteiger partial charge in [-0.3, -0.25) is 4.90 Å². The maximum absolute atomic E-state index is 4.24. The highest BCUT2D eigenvalue weighted by molar-refractivity contribution is 5.10. The van der Waals surface area contributed by atoms with E-state index in [4.69, 9.17) is 0 Å². The van der Waals surface area contributed by atoms with Gasteiger partial charge in [0.1, 0.15) is 0 Å². The van der Waals surface area contributed by atoms with Crippen molar-refractivity contribution in [2.45, 2.75) is 53.0 Å². The van der Waals surface area contributed by atoms with Crippen LogP contribution in [0.3, 0.4) is 0 Å². The van der Waals surface area contributed by atoms with Crippen LogP contribution in [-0.4, -0.2) is 37.6 Å². The van der Waals surface area contributed by atoms with Gasteiger partial charge in [0.2, 0.25) is 0 Å². The van der Waals surface area contributed by atoms with Gasteiger partial charge in [-0.2, -0.15) is 0 Å². The monoisotopic (exact) mass is 292 g/mol. The van der Waals surface area contributed by atoms with Crippen LogP contribution in [-0.2, 0) is 0 Å². The Kier molecular flexibility index (Phi) is 10.4. The number of hydrogen-bond acceptors (Lipinski definition) is 2. The fourth-order valence-corrected chi connectivity index (χ4v) is 2.45. The predicted molar refractivity (Wildman–Crippen MR) is 96.7 cm³/mol. The molecule has 0 saturated carbocycles. The summed E-state index contributed by atoms with van der Waals surface area (Å²) in [5.74, 6) is 0.521. The Morgan fingerprint density at radius 1 is 1.05 bits per heavy atom. The Bertz CT molecular complexity index is 341. The lowest BCUT2D eigenvalue weighted by Gasteiger charge is -2.34. The van der Waals surface area contributed by atoms with E-state index in [0.717, 1.165) is 26.1 Å². The molecule has 0 rings (SSSR count). The maximum atomic E-state index is 4.24. The SMILES string of the molecule is C=C(C)CN(CC(=C)C(C)C)C(CCCCNC)C(=C)C. The molecule has 0 bridgehead atoms. The number of rotatable bonds is 12. The lowest BCUT2D eigenvalue weighted by Crippen LogP contribution is -2.39. The topological polar surface area (TPSA) is 15.3 Å². The van der Waals surface area contributed by atoms with Crippen LogP contribution < -0.4 is 5.32 Å². The van der Waals surface area contributed by atoms with E-state index in [-0.39, 0.29) is 0 Å². The van der Waals surface area contributed by atoms with Gasteiger partial charge in [0.05, 0.1) is 0 Å². The Morgan fingerprint density at radius 3 is 2.10 bits per heavy atom. The first-order valence-electron chi connectivity index (χ1n) is 8.15. The van der Waals surface area contributed by atoms with E-state index in [1.54, 1.807) is 0 Å². The molecule has 0 aliphatic carbocycles. The van der Waals surface area contributed by atoms with Gasteiger partial charge in [0.25, 0.3) is 0 Å². The highest BCUT2D eigenvalue weighted by Crippen LogP contribution is 2.20. The minimum Gasteiger partial charge on any atom is -0.320 e. The van der Waals surface area contributed by atoms with Gasteiger partial charge in [-0.05, 0) is 46.2 Å². The van der Waals surface area contributed by atoms with E-state index < -0.39 is 0 Å². The summed E-state index contributed by atoms with van der Waals surface area (Å²) in [4.78, 5) is 2.49. The minimum absolute atomic E-state index is 0.425. The quantitative estimate of drug-likeness (QED) is 0.423. The van der Waals surface area contributed by atoms with Crippen molar-refractivity contribution in [2.75, 3.05) is 26.7 Å². The van der Waals surface area contributed by atoms with Crippen molar-refractivity contribution in [3.8, 4) is 0 Å². The average Bonchev–Trinajstić information content (AvgIpc) is 2.36. The largest absolute Gasteiger partial charge is 0.320 e. The smallest absolute Gasteiger partial charge is 0.0309 e. The highest BCUT2D eigenvalue weighted by Gasteiger charge is 2.20. The molecular formula is C19H36N2. The third-order valence-corrected chi connectivity index (χ3v) is 3.86. The number of hydrogen-bond donors (Lipinski definition) is 1. The molecule has 122 valence electrons. The van der Waals surface area contributed by atoms with Gasteiger partial charge in [-0.15, -0.1) is 0 Å². The van der Waals surface area contributed by atoms with Crippen molar-refractivity contribution in [1.82, 2.24) is 10.2 Å². The first kappa shape index (κ1) is 20.1. The van der Waals surface area contributed by atoms with E-state index in [1.165, 1.54) is 29.6 Å². The average molecular weight is 293 g/mol. The molecule has 1 unspecified atom stereocenters. The molecule has 0 amide bonds. The van der Waals surface area contributed by atoms with Gasteiger partial charge in [0, 0.05) is 19.1 Å². The van der Waals surface area contributed by atoms with Gasteiger partial charge in [-0.1, -0.05) is 56.7 Å². The van der Waals surface area contributed by atoms with Crippen molar-refractivity contribution in [1.29, 1.82) is 0 Å². The Morgan fingerprint density at radius 2 is 1.67 bits per heavy atom. The van der Waals surface area contributed by atoms with E-state index in [1.807, 2.05) is 7.05 Å². The van der Waals surface area contributed by atoms with Crippen LogP contribution in [0, 0.1) is 5.92 Å². The maximum Gasteiger partial charge on any atom is 0.0309 e. The second kappa shape index (κ2) is 10.8. The van der Waals surface area contributed by atoms with Crippen LogP contribution in [0.5, 0.6) is 0 Å². The normalized spacial score (nSPS) is 12.7. The predicted octanol–water partition coefficient (Wildman–Crippen LogP) is 4.41. The highest BCUT2D eigenvalue weighted by atomic mass is 15.2. The van der Waals surface area contributed by atoms with Gasteiger partial charge in [-0.25, -0.2) is 0 Å². The van der Waals surface area contributed by atoms with Crippen LogP contribution >= 0.6 is 0 Å². The van der Waals surface area contributed by atoms with Crippen LogP contribution in [0.1, 0.15) is 47.0 Å². The van der Waals surface area contributed by atoms with Crippen molar-refractivity contribution in [3.63, 3.8) is 0 Å². The molecule has 1 atom stereocenters. The molecule has 21 heavy (non-hydrogen) atoms. The molecule has 0 aromatic rings. The lowest BCUT2D eigenvalue weighted by molar-refractivity contribution is 0.239. The molecule has 0 heterocycles. The molecule has 1 N–H and O–H groups in total. The summed E-state index contributed by atoms with van der Waals surface area (Å²) in [6.07, 6.45) is 3.60. The zero-order valence-corrected chi connectivity index (χ0v) is 15.0. The minimum atomic E-state index is 0.425. The molecule has 0 spiro atoms. The van der Waals surface area contributed by atoms with Crippen LogP contribution in [0.4, 0.5) is 0 Å². The molecule has 2 heteroatoms. The zero-order chi connectivity index (χ0) is 16.4. The molecule has 0 radical (unpaired) electrons. The number of nitrogens with zero attached hydrogens (tertiary/aromatic N) is 1. The van der Waals surface area contributed by atoms with Crippen molar-refractivity contribution in [3.05, 3.63) is 36.5 Å². The molecule has 0 aliphatic rings. The second-order valence-corrected chi connectivity index (χ2v) is 6.64. The molecular weight excluding hydrogens is 256 g/mol. The fraction of sp³-hybridized carbons (Fsp3) is 0.684. The van der Waals surface area contributed by atoms with Gasteiger partial charge >= 0.3 is 0 Å². The fourth-order valence-electron chi connectivity index (χ4n) is 2.45. The summed E-state index contributed by atoms with van der Waals surface area (Å²) in [7, 11) is 2.01. The van der Waals surface area contributed by atoms with Crippen molar-refractivity contribution in [2.24, 2.45) is 5.92 Å². The first-order valence-corrected chi connectivity index (χ1v) is 8.15.